The van der Waals surface area contributed by atoms with E-state index in [-0.39, 0.29) is 19.1 Å². The molecule has 2 aliphatic rings. The number of hydrogen-bond acceptors (Lipinski definition) is 4. The Bertz CT molecular complexity index is 483. The van der Waals surface area contributed by atoms with Crippen LogP contribution in [0.5, 0.6) is 11.5 Å². The van der Waals surface area contributed by atoms with Gasteiger partial charge in [-0.3, -0.25) is 4.79 Å². The molecule has 1 N–H and O–H groups in total. The molecule has 5 nitrogen and oxygen atoms in total. The Morgan fingerprint density at radius 1 is 1.25 bits per heavy atom. The number of para-hydroxylation sites is 2. The first-order chi connectivity index (χ1) is 9.78. The number of piperidine rings is 1. The number of aliphatic hydroxyl groups is 1. The SMILES string of the molecule is O=C([C@H]1COc2ccccc2O1)N1CCC(CO)CC1. The lowest BCUT2D eigenvalue weighted by Gasteiger charge is -2.34. The molecule has 0 radical (unpaired) electrons. The number of ether oxygens (including phenoxy) is 2. The predicted octanol–water partition coefficient (Wildman–Crippen LogP) is 1.06. The van der Waals surface area contributed by atoms with Crippen LogP contribution in [0.4, 0.5) is 0 Å². The second kappa shape index (κ2) is 5.71. The molecule has 0 unspecified atom stereocenters. The molecule has 1 fully saturated rings. The van der Waals surface area contributed by atoms with Crippen molar-refractivity contribution < 1.29 is 19.4 Å². The second-order valence-electron chi connectivity index (χ2n) is 5.32. The predicted molar refractivity (Wildman–Crippen MR) is 72.7 cm³/mol. The molecule has 0 saturated carbocycles. The van der Waals surface area contributed by atoms with Gasteiger partial charge in [-0.05, 0) is 30.9 Å². The van der Waals surface area contributed by atoms with Gasteiger partial charge in [0.25, 0.3) is 5.91 Å². The molecule has 20 heavy (non-hydrogen) atoms. The lowest BCUT2D eigenvalue weighted by atomic mass is 9.97. The van der Waals surface area contributed by atoms with E-state index in [0.29, 0.717) is 30.5 Å². The largest absolute Gasteiger partial charge is 0.485 e. The molecule has 0 aliphatic carbocycles. The minimum Gasteiger partial charge on any atom is -0.485 e. The van der Waals surface area contributed by atoms with Crippen molar-refractivity contribution in [2.24, 2.45) is 5.92 Å². The van der Waals surface area contributed by atoms with Gasteiger partial charge < -0.3 is 19.5 Å². The van der Waals surface area contributed by atoms with E-state index < -0.39 is 6.10 Å². The van der Waals surface area contributed by atoms with E-state index in [1.807, 2.05) is 29.2 Å². The van der Waals surface area contributed by atoms with E-state index in [4.69, 9.17) is 14.6 Å². The summed E-state index contributed by atoms with van der Waals surface area (Å²) >= 11 is 0. The Hall–Kier alpha value is -1.75. The van der Waals surface area contributed by atoms with Crippen LogP contribution < -0.4 is 9.47 Å². The molecule has 1 atom stereocenters. The van der Waals surface area contributed by atoms with E-state index in [9.17, 15) is 4.79 Å². The summed E-state index contributed by atoms with van der Waals surface area (Å²) < 4.78 is 11.3. The Morgan fingerprint density at radius 2 is 1.95 bits per heavy atom. The molecule has 1 amide bonds. The van der Waals surface area contributed by atoms with E-state index in [1.54, 1.807) is 0 Å². The van der Waals surface area contributed by atoms with E-state index in [2.05, 4.69) is 0 Å². The Morgan fingerprint density at radius 3 is 2.65 bits per heavy atom. The lowest BCUT2D eigenvalue weighted by Crippen LogP contribution is -2.49. The monoisotopic (exact) mass is 277 g/mol. The van der Waals surface area contributed by atoms with Crippen molar-refractivity contribution in [3.63, 3.8) is 0 Å². The Labute approximate surface area is 118 Å². The first-order valence-corrected chi connectivity index (χ1v) is 7.06. The van der Waals surface area contributed by atoms with Gasteiger partial charge in [0.05, 0.1) is 0 Å². The van der Waals surface area contributed by atoms with Crippen LogP contribution in [0.1, 0.15) is 12.8 Å². The second-order valence-corrected chi connectivity index (χ2v) is 5.32. The van der Waals surface area contributed by atoms with Crippen molar-refractivity contribution in [1.29, 1.82) is 0 Å². The number of nitrogens with zero attached hydrogens (tertiary/aromatic N) is 1. The molecule has 1 aromatic carbocycles. The summed E-state index contributed by atoms with van der Waals surface area (Å²) in [5, 5.41) is 9.13. The fraction of sp³-hybridized carbons (Fsp3) is 0.533. The van der Waals surface area contributed by atoms with Crippen LogP contribution in [0, 0.1) is 5.92 Å². The van der Waals surface area contributed by atoms with Crippen molar-refractivity contribution in [2.75, 3.05) is 26.3 Å². The number of aliphatic hydroxyl groups excluding tert-OH is 1. The number of hydrogen-bond donors (Lipinski definition) is 1. The van der Waals surface area contributed by atoms with Crippen molar-refractivity contribution in [3.05, 3.63) is 24.3 Å². The van der Waals surface area contributed by atoms with Gasteiger partial charge in [0, 0.05) is 19.7 Å². The number of likely N-dealkylation sites (tertiary alicyclic amines) is 1. The van der Waals surface area contributed by atoms with Crippen molar-refractivity contribution in [2.45, 2.75) is 18.9 Å². The molecular formula is C15H19NO4. The third-order valence-corrected chi connectivity index (χ3v) is 3.97. The molecule has 3 rings (SSSR count). The summed E-state index contributed by atoms with van der Waals surface area (Å²) in [6.45, 7) is 1.84. The lowest BCUT2D eigenvalue weighted by molar-refractivity contribution is -0.142. The van der Waals surface area contributed by atoms with Crippen LogP contribution in [-0.2, 0) is 4.79 Å². The van der Waals surface area contributed by atoms with Gasteiger partial charge in [-0.15, -0.1) is 0 Å². The molecule has 0 bridgehead atoms. The van der Waals surface area contributed by atoms with Crippen LogP contribution in [0.15, 0.2) is 24.3 Å². The topological polar surface area (TPSA) is 59.0 Å². The molecule has 1 saturated heterocycles. The average molecular weight is 277 g/mol. The van der Waals surface area contributed by atoms with Crippen molar-refractivity contribution >= 4 is 5.91 Å². The first kappa shape index (κ1) is 13.2. The summed E-state index contributed by atoms with van der Waals surface area (Å²) in [6, 6.07) is 7.39. The number of fused-ring (bicyclic) bond motifs is 1. The quantitative estimate of drug-likeness (QED) is 0.878. The maximum Gasteiger partial charge on any atom is 0.267 e. The summed E-state index contributed by atoms with van der Waals surface area (Å²) in [7, 11) is 0. The maximum absolute atomic E-state index is 12.4. The van der Waals surface area contributed by atoms with Gasteiger partial charge in [-0.1, -0.05) is 12.1 Å². The minimum absolute atomic E-state index is 0.0177. The molecular weight excluding hydrogens is 258 g/mol. The van der Waals surface area contributed by atoms with Crippen molar-refractivity contribution in [1.82, 2.24) is 4.90 Å². The summed E-state index contributed by atoms with van der Waals surface area (Å²) in [5.74, 6) is 1.62. The average Bonchev–Trinajstić information content (AvgIpc) is 2.54. The van der Waals surface area contributed by atoms with Crippen LogP contribution in [0.2, 0.25) is 0 Å². The number of carbonyl (C=O) groups excluding carboxylic acids is 1. The third kappa shape index (κ3) is 2.58. The third-order valence-electron chi connectivity index (χ3n) is 3.97. The molecule has 108 valence electrons. The van der Waals surface area contributed by atoms with Crippen LogP contribution in [0.25, 0.3) is 0 Å². The zero-order chi connectivity index (χ0) is 13.9. The van der Waals surface area contributed by atoms with Gasteiger partial charge in [-0.25, -0.2) is 0 Å². The highest BCUT2D eigenvalue weighted by Gasteiger charge is 2.32. The van der Waals surface area contributed by atoms with Gasteiger partial charge in [0.15, 0.2) is 11.5 Å². The fourth-order valence-electron chi connectivity index (χ4n) is 2.68. The zero-order valence-electron chi connectivity index (χ0n) is 11.3. The Kier molecular flexibility index (Phi) is 3.78. The normalized spacial score (nSPS) is 22.6. The van der Waals surface area contributed by atoms with Crippen LogP contribution in [-0.4, -0.2) is 48.3 Å². The van der Waals surface area contributed by atoms with Gasteiger partial charge in [0.2, 0.25) is 6.10 Å². The number of amides is 1. The number of rotatable bonds is 2. The summed E-state index contributed by atoms with van der Waals surface area (Å²) in [5.41, 5.74) is 0. The minimum atomic E-state index is -0.560. The maximum atomic E-state index is 12.4. The van der Waals surface area contributed by atoms with Crippen LogP contribution >= 0.6 is 0 Å². The molecule has 2 heterocycles. The zero-order valence-corrected chi connectivity index (χ0v) is 11.3. The van der Waals surface area contributed by atoms with Crippen molar-refractivity contribution in [3.8, 4) is 11.5 Å². The highest BCUT2D eigenvalue weighted by atomic mass is 16.6. The molecule has 2 aliphatic heterocycles. The summed E-state index contributed by atoms with van der Waals surface area (Å²) in [6.07, 6.45) is 1.15. The fourth-order valence-corrected chi connectivity index (χ4v) is 2.68. The molecule has 5 heteroatoms. The van der Waals surface area contributed by atoms with E-state index in [0.717, 1.165) is 12.8 Å². The van der Waals surface area contributed by atoms with E-state index in [1.165, 1.54) is 0 Å². The number of carbonyl (C=O) groups is 1. The standard InChI is InChI=1S/C15H19NO4/c17-9-11-5-7-16(8-6-11)15(18)14-10-19-12-3-1-2-4-13(12)20-14/h1-4,11,14,17H,5-10H2/t14-/m1/s1. The molecule has 0 aromatic heterocycles. The Balaban J connectivity index is 1.62. The van der Waals surface area contributed by atoms with E-state index >= 15 is 0 Å². The highest BCUT2D eigenvalue weighted by Crippen LogP contribution is 2.31. The number of benzene rings is 1. The van der Waals surface area contributed by atoms with Crippen LogP contribution in [0.3, 0.4) is 0 Å². The highest BCUT2D eigenvalue weighted by molar-refractivity contribution is 5.82. The van der Waals surface area contributed by atoms with Gasteiger partial charge in [-0.2, -0.15) is 0 Å². The summed E-state index contributed by atoms with van der Waals surface area (Å²) in [4.78, 5) is 14.2. The molecule has 1 aromatic rings. The first-order valence-electron chi connectivity index (χ1n) is 7.06. The smallest absolute Gasteiger partial charge is 0.267 e. The van der Waals surface area contributed by atoms with Gasteiger partial charge >= 0.3 is 0 Å². The molecule has 0 spiro atoms. The van der Waals surface area contributed by atoms with Gasteiger partial charge in [0.1, 0.15) is 6.61 Å².